The highest BCUT2D eigenvalue weighted by molar-refractivity contribution is 6.28. The third-order valence-corrected chi connectivity index (χ3v) is 4.52. The van der Waals surface area contributed by atoms with Crippen LogP contribution in [-0.4, -0.2) is 72.5 Å². The van der Waals surface area contributed by atoms with Crippen molar-refractivity contribution in [2.45, 2.75) is 6.54 Å². The molecule has 0 spiro atoms. The number of fused-ring (bicyclic) bond motifs is 1. The number of nitrogens with zero attached hydrogens (tertiary/aromatic N) is 5. The van der Waals surface area contributed by atoms with Crippen molar-refractivity contribution in [3.63, 3.8) is 0 Å². The summed E-state index contributed by atoms with van der Waals surface area (Å²) in [7, 11) is 0. The number of pyridine rings is 1. The summed E-state index contributed by atoms with van der Waals surface area (Å²) in [6, 6.07) is 4.00. The smallest absolute Gasteiger partial charge is 0.225 e. The van der Waals surface area contributed by atoms with Crippen molar-refractivity contribution < 1.29 is 9.47 Å². The van der Waals surface area contributed by atoms with Crippen molar-refractivity contribution >= 4 is 28.5 Å². The van der Waals surface area contributed by atoms with Crippen molar-refractivity contribution in [1.82, 2.24) is 19.9 Å². The van der Waals surface area contributed by atoms with Crippen LogP contribution in [-0.2, 0) is 16.0 Å². The Morgan fingerprint density at radius 3 is 2.38 bits per heavy atom. The molecule has 2 aliphatic rings. The third kappa shape index (κ3) is 3.44. The van der Waals surface area contributed by atoms with Gasteiger partial charge in [0.15, 0.2) is 5.82 Å². The minimum atomic E-state index is 0.256. The number of anilines is 1. The maximum absolute atomic E-state index is 6.11. The molecule has 7 nitrogen and oxygen atoms in total. The lowest BCUT2D eigenvalue weighted by Crippen LogP contribution is -2.37. The summed E-state index contributed by atoms with van der Waals surface area (Å²) in [6.45, 7) is 7.21. The minimum absolute atomic E-state index is 0.256. The average Bonchev–Trinajstić information content (AvgIpc) is 2.63. The van der Waals surface area contributed by atoms with Gasteiger partial charge in [-0.25, -0.2) is 9.97 Å². The van der Waals surface area contributed by atoms with Gasteiger partial charge in [-0.2, -0.15) is 4.98 Å². The lowest BCUT2D eigenvalue weighted by atomic mass is 10.2. The SMILES string of the molecule is Clc1nc(N2CCOCC2)c2nc(CN3CCOCC3)ccc2n1. The van der Waals surface area contributed by atoms with Crippen LogP contribution in [0.3, 0.4) is 0 Å². The Balaban J connectivity index is 1.67. The van der Waals surface area contributed by atoms with Gasteiger partial charge in [0.2, 0.25) is 5.28 Å². The number of rotatable bonds is 3. The van der Waals surface area contributed by atoms with Gasteiger partial charge in [0.1, 0.15) is 5.52 Å². The Morgan fingerprint density at radius 1 is 0.917 bits per heavy atom. The zero-order valence-electron chi connectivity index (χ0n) is 13.4. The van der Waals surface area contributed by atoms with Crippen LogP contribution in [0.5, 0.6) is 0 Å². The van der Waals surface area contributed by atoms with Gasteiger partial charge < -0.3 is 14.4 Å². The van der Waals surface area contributed by atoms with E-state index in [2.05, 4.69) is 19.8 Å². The lowest BCUT2D eigenvalue weighted by molar-refractivity contribution is 0.0337. The highest BCUT2D eigenvalue weighted by atomic mass is 35.5. The van der Waals surface area contributed by atoms with E-state index in [0.717, 1.165) is 68.5 Å². The molecule has 2 aromatic rings. The lowest BCUT2D eigenvalue weighted by Gasteiger charge is -2.28. The molecule has 0 aromatic carbocycles. The van der Waals surface area contributed by atoms with E-state index in [-0.39, 0.29) is 5.28 Å². The van der Waals surface area contributed by atoms with Gasteiger partial charge in [0, 0.05) is 32.7 Å². The number of hydrogen-bond acceptors (Lipinski definition) is 7. The number of aromatic nitrogens is 3. The molecule has 0 saturated carbocycles. The van der Waals surface area contributed by atoms with E-state index in [0.29, 0.717) is 13.2 Å². The molecule has 2 saturated heterocycles. The van der Waals surface area contributed by atoms with Gasteiger partial charge in [-0.1, -0.05) is 0 Å². The van der Waals surface area contributed by atoms with Gasteiger partial charge in [-0.05, 0) is 23.7 Å². The van der Waals surface area contributed by atoms with E-state index >= 15 is 0 Å². The standard InChI is InChI=1S/C16H20ClN5O2/c17-16-19-13-2-1-12(11-21-3-7-23-8-4-21)18-14(13)15(20-16)22-5-9-24-10-6-22/h1-2H,3-11H2. The van der Waals surface area contributed by atoms with Crippen molar-refractivity contribution in [2.75, 3.05) is 57.5 Å². The normalized spacial score (nSPS) is 19.8. The molecule has 2 aromatic heterocycles. The van der Waals surface area contributed by atoms with Crippen LogP contribution >= 0.6 is 11.6 Å². The molecule has 4 rings (SSSR count). The van der Waals surface area contributed by atoms with Crippen molar-refractivity contribution in [3.05, 3.63) is 23.1 Å². The molecule has 0 radical (unpaired) electrons. The average molecular weight is 350 g/mol. The van der Waals surface area contributed by atoms with E-state index in [1.54, 1.807) is 0 Å². The van der Waals surface area contributed by atoms with Gasteiger partial charge in [-0.3, -0.25) is 4.90 Å². The highest BCUT2D eigenvalue weighted by Crippen LogP contribution is 2.25. The second-order valence-electron chi connectivity index (χ2n) is 5.97. The third-order valence-electron chi connectivity index (χ3n) is 4.35. The molecule has 0 atom stereocenters. The number of halogens is 1. The summed E-state index contributed by atoms with van der Waals surface area (Å²) >= 11 is 6.11. The Morgan fingerprint density at radius 2 is 1.62 bits per heavy atom. The molecule has 24 heavy (non-hydrogen) atoms. The minimum Gasteiger partial charge on any atom is -0.379 e. The fourth-order valence-electron chi connectivity index (χ4n) is 3.08. The van der Waals surface area contributed by atoms with Gasteiger partial charge in [0.25, 0.3) is 0 Å². The van der Waals surface area contributed by atoms with Gasteiger partial charge >= 0.3 is 0 Å². The van der Waals surface area contributed by atoms with Crippen LogP contribution in [0.4, 0.5) is 5.82 Å². The number of morpholine rings is 2. The first-order valence-electron chi connectivity index (χ1n) is 8.25. The highest BCUT2D eigenvalue weighted by Gasteiger charge is 2.19. The van der Waals surface area contributed by atoms with E-state index in [1.807, 2.05) is 12.1 Å². The Kier molecular flexibility index (Phi) is 4.75. The topological polar surface area (TPSA) is 63.6 Å². The summed E-state index contributed by atoms with van der Waals surface area (Å²) in [5.74, 6) is 0.803. The maximum Gasteiger partial charge on any atom is 0.225 e. The van der Waals surface area contributed by atoms with E-state index in [9.17, 15) is 0 Å². The van der Waals surface area contributed by atoms with Crippen LogP contribution in [0, 0.1) is 0 Å². The monoisotopic (exact) mass is 349 g/mol. The molecule has 0 N–H and O–H groups in total. The molecule has 0 bridgehead atoms. The summed E-state index contributed by atoms with van der Waals surface area (Å²) in [6.07, 6.45) is 0. The molecule has 0 aliphatic carbocycles. The Labute approximate surface area is 145 Å². The maximum atomic E-state index is 6.11. The van der Waals surface area contributed by atoms with Crippen LogP contribution < -0.4 is 4.90 Å². The molecule has 2 aliphatic heterocycles. The number of hydrogen-bond donors (Lipinski definition) is 0. The van der Waals surface area contributed by atoms with E-state index in [1.165, 1.54) is 0 Å². The molecule has 0 amide bonds. The molecule has 4 heterocycles. The number of ether oxygens (including phenoxy) is 2. The molecule has 128 valence electrons. The molecule has 0 unspecified atom stereocenters. The van der Waals surface area contributed by atoms with Crippen molar-refractivity contribution in [2.24, 2.45) is 0 Å². The fraction of sp³-hybridized carbons (Fsp3) is 0.562. The van der Waals surface area contributed by atoms with Crippen LogP contribution in [0.25, 0.3) is 11.0 Å². The predicted octanol–water partition coefficient (Wildman–Crippen LogP) is 1.35. The van der Waals surface area contributed by atoms with Crippen molar-refractivity contribution in [1.29, 1.82) is 0 Å². The summed E-state index contributed by atoms with van der Waals surface area (Å²) in [5.41, 5.74) is 2.61. The Bertz CT molecular complexity index is 717. The van der Waals surface area contributed by atoms with E-state index in [4.69, 9.17) is 26.1 Å². The molecule has 2 fully saturated rings. The second-order valence-corrected chi connectivity index (χ2v) is 6.31. The first-order valence-corrected chi connectivity index (χ1v) is 8.63. The molecular formula is C16H20ClN5O2. The van der Waals surface area contributed by atoms with Gasteiger partial charge in [0.05, 0.1) is 37.6 Å². The van der Waals surface area contributed by atoms with Crippen LogP contribution in [0.2, 0.25) is 5.28 Å². The van der Waals surface area contributed by atoms with Crippen LogP contribution in [0.1, 0.15) is 5.69 Å². The summed E-state index contributed by atoms with van der Waals surface area (Å²) in [5, 5.41) is 0.256. The first-order chi connectivity index (χ1) is 11.8. The predicted molar refractivity (Wildman–Crippen MR) is 91.5 cm³/mol. The van der Waals surface area contributed by atoms with E-state index < -0.39 is 0 Å². The molecular weight excluding hydrogens is 330 g/mol. The van der Waals surface area contributed by atoms with Crippen molar-refractivity contribution in [3.8, 4) is 0 Å². The first kappa shape index (κ1) is 16.0. The second kappa shape index (κ2) is 7.14. The fourth-order valence-corrected chi connectivity index (χ4v) is 3.25. The largest absolute Gasteiger partial charge is 0.379 e. The molecule has 8 heteroatoms. The quantitative estimate of drug-likeness (QED) is 0.775. The summed E-state index contributed by atoms with van der Waals surface area (Å²) < 4.78 is 10.8. The summed E-state index contributed by atoms with van der Waals surface area (Å²) in [4.78, 5) is 18.1. The zero-order chi connectivity index (χ0) is 16.4. The van der Waals surface area contributed by atoms with Crippen LogP contribution in [0.15, 0.2) is 12.1 Å². The zero-order valence-corrected chi connectivity index (χ0v) is 14.2. The Hall–Kier alpha value is -1.54. The van der Waals surface area contributed by atoms with Gasteiger partial charge in [-0.15, -0.1) is 0 Å².